The maximum Gasteiger partial charge on any atom is 0.335 e. The van der Waals surface area contributed by atoms with E-state index in [2.05, 4.69) is 15.4 Å². The van der Waals surface area contributed by atoms with Crippen molar-refractivity contribution in [2.45, 2.75) is 26.2 Å². The molecule has 0 saturated carbocycles. The summed E-state index contributed by atoms with van der Waals surface area (Å²) < 4.78 is 14.9. The first-order valence-corrected chi connectivity index (χ1v) is 8.74. The van der Waals surface area contributed by atoms with Crippen LogP contribution >= 0.6 is 0 Å². The molecule has 1 aliphatic heterocycles. The van der Waals surface area contributed by atoms with Crippen molar-refractivity contribution in [3.8, 4) is 0 Å². The molecule has 0 aliphatic carbocycles. The van der Waals surface area contributed by atoms with Crippen LogP contribution in [0.3, 0.4) is 0 Å². The van der Waals surface area contributed by atoms with Gasteiger partial charge >= 0.3 is 18.0 Å². The first-order chi connectivity index (χ1) is 13.0. The molecule has 0 atom stereocenters. The van der Waals surface area contributed by atoms with Gasteiger partial charge in [0, 0.05) is 18.5 Å². The summed E-state index contributed by atoms with van der Waals surface area (Å²) in [6.45, 7) is 2.56. The zero-order valence-corrected chi connectivity index (χ0v) is 15.5. The van der Waals surface area contributed by atoms with Gasteiger partial charge in [-0.3, -0.25) is 4.79 Å². The van der Waals surface area contributed by atoms with Crippen LogP contribution in [-0.4, -0.2) is 44.9 Å². The quantitative estimate of drug-likeness (QED) is 0.707. The van der Waals surface area contributed by atoms with Gasteiger partial charge in [-0.25, -0.2) is 9.59 Å². The Morgan fingerprint density at radius 3 is 2.56 bits per heavy atom. The summed E-state index contributed by atoms with van der Waals surface area (Å²) in [5.74, 6) is -0.706. The van der Waals surface area contributed by atoms with Gasteiger partial charge in [-0.05, 0) is 31.0 Å². The number of carbonyl (C=O) groups excluding carboxylic acids is 3. The summed E-state index contributed by atoms with van der Waals surface area (Å²) in [6.07, 6.45) is 1.25. The van der Waals surface area contributed by atoms with E-state index >= 15 is 0 Å². The smallest absolute Gasteiger partial charge is 0.335 e. The lowest BCUT2D eigenvalue weighted by molar-refractivity contribution is -0.141. The van der Waals surface area contributed by atoms with E-state index in [0.29, 0.717) is 42.8 Å². The van der Waals surface area contributed by atoms with Gasteiger partial charge in [-0.15, -0.1) is 0 Å². The fourth-order valence-electron chi connectivity index (χ4n) is 2.54. The molecule has 0 spiro atoms. The second kappa shape index (κ2) is 10.3. The molecule has 1 aromatic carbocycles. The Bertz CT molecular complexity index is 711. The SMILES string of the molecule is CCOC(=O)C1=C(NC(=O)Nc2ccc(CCC(=O)OC)cc2)COCC1. The minimum atomic E-state index is -0.473. The number of carbonyl (C=O) groups is 3. The first-order valence-electron chi connectivity index (χ1n) is 8.74. The molecule has 0 radical (unpaired) electrons. The highest BCUT2D eigenvalue weighted by atomic mass is 16.5. The number of hydrogen-bond acceptors (Lipinski definition) is 6. The lowest BCUT2D eigenvalue weighted by Crippen LogP contribution is -2.34. The number of ether oxygens (including phenoxy) is 3. The topological polar surface area (TPSA) is 103 Å². The first kappa shape index (κ1) is 20.4. The molecule has 27 heavy (non-hydrogen) atoms. The lowest BCUT2D eigenvalue weighted by atomic mass is 10.1. The molecule has 1 aromatic rings. The molecule has 8 heteroatoms. The van der Waals surface area contributed by atoms with Crippen LogP contribution in [0.4, 0.5) is 10.5 Å². The number of anilines is 1. The highest BCUT2D eigenvalue weighted by Gasteiger charge is 2.22. The monoisotopic (exact) mass is 376 g/mol. The maximum atomic E-state index is 12.2. The molecule has 146 valence electrons. The largest absolute Gasteiger partial charge is 0.469 e. The number of urea groups is 1. The predicted octanol–water partition coefficient (Wildman–Crippen LogP) is 2.15. The molecule has 2 amide bonds. The summed E-state index contributed by atoms with van der Waals surface area (Å²) in [5.41, 5.74) is 2.38. The van der Waals surface area contributed by atoms with Crippen molar-refractivity contribution in [3.05, 3.63) is 41.1 Å². The van der Waals surface area contributed by atoms with E-state index in [1.54, 1.807) is 19.1 Å². The van der Waals surface area contributed by atoms with Crippen LogP contribution < -0.4 is 10.6 Å². The van der Waals surface area contributed by atoms with E-state index in [4.69, 9.17) is 9.47 Å². The number of hydrogen-bond donors (Lipinski definition) is 2. The van der Waals surface area contributed by atoms with Crippen LogP contribution in [0, 0.1) is 0 Å². The third-order valence-electron chi connectivity index (χ3n) is 3.95. The van der Waals surface area contributed by atoms with Crippen LogP contribution in [0.5, 0.6) is 0 Å². The summed E-state index contributed by atoms with van der Waals surface area (Å²) in [5, 5.41) is 5.36. The summed E-state index contributed by atoms with van der Waals surface area (Å²) >= 11 is 0. The number of rotatable bonds is 7. The number of methoxy groups -OCH3 is 1. The average molecular weight is 376 g/mol. The molecular formula is C19H24N2O6. The Labute approximate surface area is 157 Å². The van der Waals surface area contributed by atoms with Gasteiger partial charge in [-0.1, -0.05) is 12.1 Å². The van der Waals surface area contributed by atoms with Crippen LogP contribution in [0.2, 0.25) is 0 Å². The second-order valence-electron chi connectivity index (χ2n) is 5.83. The van der Waals surface area contributed by atoms with Crippen molar-refractivity contribution in [3.63, 3.8) is 0 Å². The zero-order valence-electron chi connectivity index (χ0n) is 15.5. The van der Waals surface area contributed by atoms with Gasteiger partial charge < -0.3 is 24.8 Å². The van der Waals surface area contributed by atoms with Crippen molar-refractivity contribution in [1.29, 1.82) is 0 Å². The highest BCUT2D eigenvalue weighted by Crippen LogP contribution is 2.16. The minimum absolute atomic E-state index is 0.147. The van der Waals surface area contributed by atoms with E-state index in [1.165, 1.54) is 7.11 Å². The van der Waals surface area contributed by atoms with Crippen molar-refractivity contribution in [2.24, 2.45) is 0 Å². The molecular weight excluding hydrogens is 352 g/mol. The van der Waals surface area contributed by atoms with Gasteiger partial charge in [0.25, 0.3) is 0 Å². The van der Waals surface area contributed by atoms with Gasteiger partial charge in [0.15, 0.2) is 0 Å². The number of benzene rings is 1. The van der Waals surface area contributed by atoms with Crippen LogP contribution in [0.1, 0.15) is 25.3 Å². The zero-order chi connectivity index (χ0) is 19.6. The molecule has 0 fully saturated rings. The Balaban J connectivity index is 1.94. The van der Waals surface area contributed by atoms with Gasteiger partial charge in [0.2, 0.25) is 0 Å². The molecule has 1 aliphatic rings. The van der Waals surface area contributed by atoms with Crippen molar-refractivity contribution in [1.82, 2.24) is 5.32 Å². The molecule has 0 aromatic heterocycles. The fraction of sp³-hybridized carbons (Fsp3) is 0.421. The Kier molecular flexibility index (Phi) is 7.81. The third kappa shape index (κ3) is 6.41. The van der Waals surface area contributed by atoms with Gasteiger partial charge in [0.05, 0.1) is 38.2 Å². The van der Waals surface area contributed by atoms with E-state index in [0.717, 1.165) is 5.56 Å². The van der Waals surface area contributed by atoms with Crippen LogP contribution in [0.15, 0.2) is 35.5 Å². The van der Waals surface area contributed by atoms with E-state index < -0.39 is 12.0 Å². The minimum Gasteiger partial charge on any atom is -0.469 e. The predicted molar refractivity (Wildman–Crippen MR) is 98.0 cm³/mol. The lowest BCUT2D eigenvalue weighted by Gasteiger charge is -2.20. The van der Waals surface area contributed by atoms with Crippen molar-refractivity contribution < 1.29 is 28.6 Å². The Hall–Kier alpha value is -2.87. The second-order valence-corrected chi connectivity index (χ2v) is 5.83. The summed E-state index contributed by atoms with van der Waals surface area (Å²) in [4.78, 5) is 35.4. The average Bonchev–Trinajstić information content (AvgIpc) is 2.67. The number of amides is 2. The van der Waals surface area contributed by atoms with E-state index in [9.17, 15) is 14.4 Å². The molecule has 1 heterocycles. The fourth-order valence-corrected chi connectivity index (χ4v) is 2.54. The number of aryl methyl sites for hydroxylation is 1. The molecule has 0 unspecified atom stereocenters. The number of nitrogens with one attached hydrogen (secondary N) is 2. The van der Waals surface area contributed by atoms with Crippen LogP contribution in [-0.2, 0) is 30.2 Å². The van der Waals surface area contributed by atoms with Gasteiger partial charge in [0.1, 0.15) is 0 Å². The summed E-state index contributed by atoms with van der Waals surface area (Å²) in [7, 11) is 1.36. The van der Waals surface area contributed by atoms with Crippen molar-refractivity contribution >= 4 is 23.7 Å². The van der Waals surface area contributed by atoms with Crippen molar-refractivity contribution in [2.75, 3.05) is 32.2 Å². The van der Waals surface area contributed by atoms with E-state index in [1.807, 2.05) is 12.1 Å². The molecule has 2 rings (SSSR count). The summed E-state index contributed by atoms with van der Waals surface area (Å²) in [6, 6.07) is 6.66. The normalized spacial score (nSPS) is 13.7. The Morgan fingerprint density at radius 1 is 1.15 bits per heavy atom. The molecule has 0 bridgehead atoms. The molecule has 2 N–H and O–H groups in total. The van der Waals surface area contributed by atoms with Gasteiger partial charge in [-0.2, -0.15) is 0 Å². The standard InChI is InChI=1S/C19H24N2O6/c1-3-27-18(23)15-10-11-26-12-16(15)21-19(24)20-14-7-4-13(5-8-14)6-9-17(22)25-2/h4-5,7-8H,3,6,9-12H2,1-2H3,(H2,20,21,24). The van der Waals surface area contributed by atoms with E-state index in [-0.39, 0.29) is 19.2 Å². The highest BCUT2D eigenvalue weighted by molar-refractivity contribution is 5.94. The third-order valence-corrected chi connectivity index (χ3v) is 3.95. The maximum absolute atomic E-state index is 12.2. The number of esters is 2. The molecule has 0 saturated heterocycles. The molecule has 8 nitrogen and oxygen atoms in total. The van der Waals surface area contributed by atoms with Crippen LogP contribution in [0.25, 0.3) is 0 Å². The Morgan fingerprint density at radius 2 is 1.89 bits per heavy atom.